The van der Waals surface area contributed by atoms with Gasteiger partial charge in [0.25, 0.3) is 0 Å². The topological polar surface area (TPSA) is 24.7 Å². The standard InChI is InChI=1S/C13H18N2/c1-5-8-10-14-12(4)13(7-3)15-11-9-6-2/h6-11H,2-3,5H2,1,4H3/b10-8-,11-9-,14-12?,15-13?. The predicted octanol–water partition coefficient (Wildman–Crippen LogP) is 3.70. The van der Waals surface area contributed by atoms with Crippen molar-refractivity contribution in [2.45, 2.75) is 20.3 Å². The van der Waals surface area contributed by atoms with E-state index in [-0.39, 0.29) is 0 Å². The molecule has 0 atom stereocenters. The molecular weight excluding hydrogens is 184 g/mol. The molecule has 0 rings (SSSR count). The number of hydrogen-bond donors (Lipinski definition) is 0. The maximum atomic E-state index is 4.24. The third-order valence-electron chi connectivity index (χ3n) is 1.61. The average Bonchev–Trinajstić information content (AvgIpc) is 2.24. The largest absolute Gasteiger partial charge is 0.260 e. The maximum absolute atomic E-state index is 4.24. The highest BCUT2D eigenvalue weighted by Gasteiger charge is 1.95. The second kappa shape index (κ2) is 8.88. The zero-order chi connectivity index (χ0) is 11.5. The lowest BCUT2D eigenvalue weighted by Crippen LogP contribution is -2.05. The van der Waals surface area contributed by atoms with Crippen LogP contribution in [-0.2, 0) is 0 Å². The van der Waals surface area contributed by atoms with E-state index < -0.39 is 0 Å². The first-order valence-electron chi connectivity index (χ1n) is 4.93. The van der Waals surface area contributed by atoms with Crippen molar-refractivity contribution < 1.29 is 0 Å². The van der Waals surface area contributed by atoms with Gasteiger partial charge in [-0.25, -0.2) is 0 Å². The molecule has 0 fully saturated rings. The summed E-state index contributed by atoms with van der Waals surface area (Å²) >= 11 is 0. The van der Waals surface area contributed by atoms with E-state index in [4.69, 9.17) is 0 Å². The number of aliphatic imine (C=N–C) groups is 2. The Balaban J connectivity index is 4.66. The smallest absolute Gasteiger partial charge is 0.0835 e. The minimum Gasteiger partial charge on any atom is -0.260 e. The second-order valence-corrected chi connectivity index (χ2v) is 2.80. The van der Waals surface area contributed by atoms with Crippen molar-refractivity contribution in [3.8, 4) is 0 Å². The summed E-state index contributed by atoms with van der Waals surface area (Å²) in [6.07, 6.45) is 11.5. The molecule has 0 N–H and O–H groups in total. The number of allylic oxidation sites excluding steroid dienone is 4. The fourth-order valence-corrected chi connectivity index (χ4v) is 0.814. The van der Waals surface area contributed by atoms with Gasteiger partial charge in [0.15, 0.2) is 0 Å². The number of rotatable bonds is 6. The van der Waals surface area contributed by atoms with Crippen LogP contribution in [0.15, 0.2) is 59.8 Å². The van der Waals surface area contributed by atoms with Crippen molar-refractivity contribution >= 4 is 11.4 Å². The van der Waals surface area contributed by atoms with Crippen LogP contribution in [0.4, 0.5) is 0 Å². The Bertz CT molecular complexity index is 317. The second-order valence-electron chi connectivity index (χ2n) is 2.80. The molecule has 2 heteroatoms. The Morgan fingerprint density at radius 1 is 1.20 bits per heavy atom. The summed E-state index contributed by atoms with van der Waals surface area (Å²) in [4.78, 5) is 8.43. The van der Waals surface area contributed by atoms with Crippen LogP contribution in [0.1, 0.15) is 20.3 Å². The molecule has 0 amide bonds. The Kier molecular flexibility index (Phi) is 7.87. The van der Waals surface area contributed by atoms with E-state index in [0.717, 1.165) is 17.8 Å². The summed E-state index contributed by atoms with van der Waals surface area (Å²) in [5.41, 5.74) is 1.62. The first-order chi connectivity index (χ1) is 7.26. The molecule has 0 aliphatic rings. The fourth-order valence-electron chi connectivity index (χ4n) is 0.814. The van der Waals surface area contributed by atoms with E-state index in [1.165, 1.54) is 0 Å². The lowest BCUT2D eigenvalue weighted by molar-refractivity contribution is 1.21. The summed E-state index contributed by atoms with van der Waals surface area (Å²) in [6, 6.07) is 0. The maximum Gasteiger partial charge on any atom is 0.0835 e. The van der Waals surface area contributed by atoms with Gasteiger partial charge in [-0.15, -0.1) is 0 Å². The Morgan fingerprint density at radius 3 is 2.47 bits per heavy atom. The quantitative estimate of drug-likeness (QED) is 0.463. The minimum atomic E-state index is 0.772. The molecule has 0 radical (unpaired) electrons. The van der Waals surface area contributed by atoms with Crippen LogP contribution in [0, 0.1) is 0 Å². The predicted molar refractivity (Wildman–Crippen MR) is 69.5 cm³/mol. The van der Waals surface area contributed by atoms with Crippen molar-refractivity contribution in [2.75, 3.05) is 0 Å². The van der Waals surface area contributed by atoms with E-state index >= 15 is 0 Å². The van der Waals surface area contributed by atoms with Gasteiger partial charge < -0.3 is 0 Å². The Labute approximate surface area is 92.2 Å². The molecule has 0 saturated carbocycles. The van der Waals surface area contributed by atoms with Crippen LogP contribution in [0.3, 0.4) is 0 Å². The lowest BCUT2D eigenvalue weighted by Gasteiger charge is -1.96. The van der Waals surface area contributed by atoms with Crippen molar-refractivity contribution in [1.82, 2.24) is 0 Å². The molecule has 80 valence electrons. The fraction of sp³-hybridized carbons (Fsp3) is 0.231. The van der Waals surface area contributed by atoms with Crippen molar-refractivity contribution in [3.63, 3.8) is 0 Å². The molecule has 0 saturated heterocycles. The zero-order valence-corrected chi connectivity index (χ0v) is 9.48. The highest BCUT2D eigenvalue weighted by Crippen LogP contribution is 1.91. The summed E-state index contributed by atoms with van der Waals surface area (Å²) in [5.74, 6) is 0. The molecule has 2 nitrogen and oxygen atoms in total. The van der Waals surface area contributed by atoms with E-state index in [2.05, 4.69) is 30.1 Å². The van der Waals surface area contributed by atoms with E-state index in [0.29, 0.717) is 0 Å². The van der Waals surface area contributed by atoms with Gasteiger partial charge in [0, 0.05) is 12.4 Å². The van der Waals surface area contributed by atoms with Gasteiger partial charge in [0.05, 0.1) is 11.4 Å². The SMILES string of the molecule is C=C/C=C\N=C(C=C)C(C)=N/C=C\CC. The van der Waals surface area contributed by atoms with Crippen molar-refractivity contribution in [3.05, 3.63) is 49.9 Å². The Hall–Kier alpha value is -1.70. The Morgan fingerprint density at radius 2 is 1.93 bits per heavy atom. The van der Waals surface area contributed by atoms with Crippen LogP contribution in [0.2, 0.25) is 0 Å². The molecule has 15 heavy (non-hydrogen) atoms. The first kappa shape index (κ1) is 13.3. The molecule has 0 aromatic rings. The van der Waals surface area contributed by atoms with Crippen molar-refractivity contribution in [2.24, 2.45) is 9.98 Å². The molecule has 0 spiro atoms. The van der Waals surface area contributed by atoms with Gasteiger partial charge in [0.1, 0.15) is 0 Å². The molecule has 0 aromatic heterocycles. The molecule has 0 bridgehead atoms. The summed E-state index contributed by atoms with van der Waals surface area (Å²) < 4.78 is 0. The molecular formula is C13H18N2. The van der Waals surface area contributed by atoms with Crippen LogP contribution in [-0.4, -0.2) is 11.4 Å². The summed E-state index contributed by atoms with van der Waals surface area (Å²) in [7, 11) is 0. The van der Waals surface area contributed by atoms with Gasteiger partial charge in [-0.05, 0) is 25.5 Å². The van der Waals surface area contributed by atoms with Gasteiger partial charge in [-0.2, -0.15) is 0 Å². The van der Waals surface area contributed by atoms with Crippen molar-refractivity contribution in [1.29, 1.82) is 0 Å². The van der Waals surface area contributed by atoms with Crippen LogP contribution < -0.4 is 0 Å². The van der Waals surface area contributed by atoms with Gasteiger partial charge in [-0.1, -0.05) is 32.2 Å². The molecule has 0 unspecified atom stereocenters. The summed E-state index contributed by atoms with van der Waals surface area (Å²) in [5, 5.41) is 0. The number of nitrogens with zero attached hydrogens (tertiary/aromatic N) is 2. The average molecular weight is 202 g/mol. The van der Waals surface area contributed by atoms with Gasteiger partial charge in [-0.3, -0.25) is 9.98 Å². The minimum absolute atomic E-state index is 0.772. The number of hydrogen-bond acceptors (Lipinski definition) is 2. The van der Waals surface area contributed by atoms with Crippen LogP contribution in [0.25, 0.3) is 0 Å². The van der Waals surface area contributed by atoms with E-state index in [9.17, 15) is 0 Å². The normalized spacial score (nSPS) is 13.7. The molecule has 0 heterocycles. The van der Waals surface area contributed by atoms with Gasteiger partial charge in [0.2, 0.25) is 0 Å². The van der Waals surface area contributed by atoms with E-state index in [1.807, 2.05) is 13.0 Å². The highest BCUT2D eigenvalue weighted by atomic mass is 14.8. The summed E-state index contributed by atoms with van der Waals surface area (Å²) in [6.45, 7) is 11.2. The third kappa shape index (κ3) is 6.38. The highest BCUT2D eigenvalue weighted by molar-refractivity contribution is 6.45. The first-order valence-corrected chi connectivity index (χ1v) is 4.93. The molecule has 0 aliphatic carbocycles. The zero-order valence-electron chi connectivity index (χ0n) is 9.48. The third-order valence-corrected chi connectivity index (χ3v) is 1.61. The van der Waals surface area contributed by atoms with Crippen LogP contribution >= 0.6 is 0 Å². The molecule has 0 aliphatic heterocycles. The molecule has 0 aromatic carbocycles. The lowest BCUT2D eigenvalue weighted by atomic mass is 10.2. The van der Waals surface area contributed by atoms with E-state index in [1.54, 1.807) is 30.6 Å². The monoisotopic (exact) mass is 202 g/mol. The van der Waals surface area contributed by atoms with Crippen LogP contribution in [0.5, 0.6) is 0 Å². The van der Waals surface area contributed by atoms with Gasteiger partial charge >= 0.3 is 0 Å².